The van der Waals surface area contributed by atoms with Crippen LogP contribution < -0.4 is 5.32 Å². The maximum absolute atomic E-state index is 12.5. The summed E-state index contributed by atoms with van der Waals surface area (Å²) in [6.07, 6.45) is 0.959. The molecule has 2 aromatic carbocycles. The smallest absolute Gasteiger partial charge is 0.253 e. The Morgan fingerprint density at radius 1 is 1.21 bits per heavy atom. The summed E-state index contributed by atoms with van der Waals surface area (Å²) < 4.78 is 2.11. The van der Waals surface area contributed by atoms with Crippen molar-refractivity contribution in [2.45, 2.75) is 25.0 Å². The fourth-order valence-corrected chi connectivity index (χ4v) is 3.95. The van der Waals surface area contributed by atoms with E-state index >= 15 is 0 Å². The second-order valence-electron chi connectivity index (χ2n) is 6.80. The number of rotatable bonds is 7. The Kier molecular flexibility index (Phi) is 6.82. The van der Waals surface area contributed by atoms with Crippen LogP contribution in [0.15, 0.2) is 47.6 Å². The molecule has 0 atom stereocenters. The van der Waals surface area contributed by atoms with E-state index in [0.29, 0.717) is 16.3 Å². The second kappa shape index (κ2) is 9.33. The molecule has 29 heavy (non-hydrogen) atoms. The lowest BCUT2D eigenvalue weighted by Gasteiger charge is -2.12. The predicted molar refractivity (Wildman–Crippen MR) is 119 cm³/mol. The molecular weight excluding hydrogens is 408 g/mol. The number of carbonyl (C=O) groups is 2. The van der Waals surface area contributed by atoms with Gasteiger partial charge in [0.25, 0.3) is 5.91 Å². The Balaban J connectivity index is 1.70. The van der Waals surface area contributed by atoms with Crippen LogP contribution in [0.25, 0.3) is 11.0 Å². The van der Waals surface area contributed by atoms with Gasteiger partial charge in [0, 0.05) is 36.9 Å². The van der Waals surface area contributed by atoms with Crippen molar-refractivity contribution in [2.75, 3.05) is 25.2 Å². The molecule has 0 bridgehead atoms. The molecule has 3 aromatic rings. The summed E-state index contributed by atoms with van der Waals surface area (Å²) in [5, 5.41) is 4.28. The van der Waals surface area contributed by atoms with Crippen molar-refractivity contribution in [1.29, 1.82) is 0 Å². The maximum atomic E-state index is 12.5. The van der Waals surface area contributed by atoms with E-state index in [1.807, 2.05) is 18.2 Å². The van der Waals surface area contributed by atoms with E-state index in [9.17, 15) is 9.59 Å². The van der Waals surface area contributed by atoms with Crippen molar-refractivity contribution in [3.8, 4) is 0 Å². The lowest BCUT2D eigenvalue weighted by molar-refractivity contribution is -0.113. The van der Waals surface area contributed by atoms with Crippen molar-refractivity contribution >= 4 is 51.9 Å². The van der Waals surface area contributed by atoms with Crippen molar-refractivity contribution in [2.24, 2.45) is 0 Å². The van der Waals surface area contributed by atoms with E-state index < -0.39 is 0 Å². The van der Waals surface area contributed by atoms with Crippen LogP contribution in [0, 0.1) is 0 Å². The molecule has 1 heterocycles. The number of aromatic nitrogens is 2. The van der Waals surface area contributed by atoms with Gasteiger partial charge in [0.2, 0.25) is 5.91 Å². The number of benzene rings is 2. The van der Waals surface area contributed by atoms with Crippen molar-refractivity contribution in [3.05, 3.63) is 53.1 Å². The van der Waals surface area contributed by atoms with Crippen LogP contribution in [-0.4, -0.2) is 46.1 Å². The molecule has 0 saturated carbocycles. The SMILES string of the molecule is CCCn1c(SCC(=O)Nc2cccc(C(=O)N(C)C)c2)nc2cc(Cl)ccc21. The van der Waals surface area contributed by atoms with Crippen molar-refractivity contribution in [3.63, 3.8) is 0 Å². The number of imidazole rings is 1. The highest BCUT2D eigenvalue weighted by atomic mass is 35.5. The van der Waals surface area contributed by atoms with Crippen LogP contribution in [0.2, 0.25) is 5.02 Å². The average Bonchev–Trinajstić information content (AvgIpc) is 3.02. The summed E-state index contributed by atoms with van der Waals surface area (Å²) in [6.45, 7) is 2.92. The number of halogens is 1. The van der Waals surface area contributed by atoms with Gasteiger partial charge < -0.3 is 14.8 Å². The van der Waals surface area contributed by atoms with Gasteiger partial charge in [0.15, 0.2) is 5.16 Å². The minimum atomic E-state index is -0.155. The van der Waals surface area contributed by atoms with Gasteiger partial charge >= 0.3 is 0 Å². The molecule has 0 fully saturated rings. The Bertz CT molecular complexity index is 1050. The van der Waals surface area contributed by atoms with Gasteiger partial charge in [-0.3, -0.25) is 9.59 Å². The molecule has 0 aliphatic carbocycles. The lowest BCUT2D eigenvalue weighted by atomic mass is 10.2. The van der Waals surface area contributed by atoms with Gasteiger partial charge in [-0.05, 0) is 42.8 Å². The molecule has 0 saturated heterocycles. The molecule has 0 aliphatic heterocycles. The number of anilines is 1. The summed E-state index contributed by atoms with van der Waals surface area (Å²) in [6, 6.07) is 12.6. The topological polar surface area (TPSA) is 67.2 Å². The quantitative estimate of drug-likeness (QED) is 0.559. The molecule has 0 aliphatic rings. The van der Waals surface area contributed by atoms with Gasteiger partial charge in [-0.2, -0.15) is 0 Å². The van der Waals surface area contributed by atoms with Gasteiger partial charge in [0.05, 0.1) is 16.8 Å². The molecule has 0 radical (unpaired) electrons. The number of hydrogen-bond acceptors (Lipinski definition) is 4. The minimum Gasteiger partial charge on any atom is -0.345 e. The fourth-order valence-electron chi connectivity index (χ4n) is 2.95. The average molecular weight is 431 g/mol. The summed E-state index contributed by atoms with van der Waals surface area (Å²) >= 11 is 7.47. The van der Waals surface area contributed by atoms with E-state index in [2.05, 4.69) is 21.8 Å². The Morgan fingerprint density at radius 2 is 2.00 bits per heavy atom. The Morgan fingerprint density at radius 3 is 2.72 bits per heavy atom. The van der Waals surface area contributed by atoms with Crippen molar-refractivity contribution < 1.29 is 9.59 Å². The first-order valence-corrected chi connectivity index (χ1v) is 10.7. The molecular formula is C21H23ClN4O2S. The summed E-state index contributed by atoms with van der Waals surface area (Å²) in [5.41, 5.74) is 2.96. The molecule has 0 spiro atoms. The number of hydrogen-bond donors (Lipinski definition) is 1. The number of nitrogens with zero attached hydrogens (tertiary/aromatic N) is 3. The number of carbonyl (C=O) groups excluding carboxylic acids is 2. The Hall–Kier alpha value is -2.51. The number of nitrogens with one attached hydrogen (secondary N) is 1. The molecule has 152 valence electrons. The van der Waals surface area contributed by atoms with E-state index in [0.717, 1.165) is 29.2 Å². The highest BCUT2D eigenvalue weighted by Crippen LogP contribution is 2.27. The number of aryl methyl sites for hydroxylation is 1. The summed E-state index contributed by atoms with van der Waals surface area (Å²) in [5.74, 6) is -0.0490. The third-order valence-electron chi connectivity index (χ3n) is 4.25. The van der Waals surface area contributed by atoms with Crippen LogP contribution in [0.5, 0.6) is 0 Å². The summed E-state index contributed by atoms with van der Waals surface area (Å²) in [7, 11) is 3.39. The highest BCUT2D eigenvalue weighted by Gasteiger charge is 2.14. The first-order chi connectivity index (χ1) is 13.9. The number of amides is 2. The normalized spacial score (nSPS) is 10.9. The number of thioether (sulfide) groups is 1. The third-order valence-corrected chi connectivity index (χ3v) is 5.47. The molecule has 1 aromatic heterocycles. The summed E-state index contributed by atoms with van der Waals surface area (Å²) in [4.78, 5) is 30.7. The zero-order chi connectivity index (χ0) is 21.0. The van der Waals surface area contributed by atoms with Crippen LogP contribution >= 0.6 is 23.4 Å². The first-order valence-electron chi connectivity index (χ1n) is 9.29. The highest BCUT2D eigenvalue weighted by molar-refractivity contribution is 7.99. The molecule has 6 nitrogen and oxygen atoms in total. The van der Waals surface area contributed by atoms with Crippen LogP contribution in [-0.2, 0) is 11.3 Å². The van der Waals surface area contributed by atoms with E-state index in [1.54, 1.807) is 38.4 Å². The standard InChI is InChI=1S/C21H23ClN4O2S/c1-4-10-26-18-9-8-15(22)12-17(18)24-21(26)29-13-19(27)23-16-7-5-6-14(11-16)20(28)25(2)3/h5-9,11-12H,4,10,13H2,1-3H3,(H,23,27). The largest absolute Gasteiger partial charge is 0.345 e. The molecule has 3 rings (SSSR count). The fraction of sp³-hybridized carbons (Fsp3) is 0.286. The number of fused-ring (bicyclic) bond motifs is 1. The molecule has 2 amide bonds. The first kappa shape index (κ1) is 21.2. The van der Waals surface area contributed by atoms with Gasteiger partial charge in [-0.1, -0.05) is 36.4 Å². The van der Waals surface area contributed by atoms with Crippen LogP contribution in [0.3, 0.4) is 0 Å². The maximum Gasteiger partial charge on any atom is 0.253 e. The molecule has 0 unspecified atom stereocenters. The van der Waals surface area contributed by atoms with Gasteiger partial charge in [-0.15, -0.1) is 0 Å². The molecule has 1 N–H and O–H groups in total. The van der Waals surface area contributed by atoms with E-state index in [4.69, 9.17) is 11.6 Å². The predicted octanol–water partition coefficient (Wildman–Crippen LogP) is 4.53. The zero-order valence-electron chi connectivity index (χ0n) is 16.6. The van der Waals surface area contributed by atoms with E-state index in [1.165, 1.54) is 16.7 Å². The monoisotopic (exact) mass is 430 g/mol. The lowest BCUT2D eigenvalue weighted by Crippen LogP contribution is -2.22. The third kappa shape index (κ3) is 5.10. The Labute approximate surface area is 179 Å². The second-order valence-corrected chi connectivity index (χ2v) is 8.18. The minimum absolute atomic E-state index is 0.109. The van der Waals surface area contributed by atoms with E-state index in [-0.39, 0.29) is 17.6 Å². The van der Waals surface area contributed by atoms with Gasteiger partial charge in [-0.25, -0.2) is 4.98 Å². The van der Waals surface area contributed by atoms with Crippen molar-refractivity contribution in [1.82, 2.24) is 14.5 Å². The van der Waals surface area contributed by atoms with Gasteiger partial charge in [0.1, 0.15) is 0 Å². The zero-order valence-corrected chi connectivity index (χ0v) is 18.2. The van der Waals surface area contributed by atoms with Crippen LogP contribution in [0.4, 0.5) is 5.69 Å². The molecule has 8 heteroatoms. The van der Waals surface area contributed by atoms with Crippen LogP contribution in [0.1, 0.15) is 23.7 Å².